The molecule has 0 radical (unpaired) electrons. The van der Waals surface area contributed by atoms with E-state index in [4.69, 9.17) is 39.5 Å². The van der Waals surface area contributed by atoms with E-state index in [0.29, 0.717) is 23.2 Å². The number of hydrogen-bond acceptors (Lipinski definition) is 2. The maximum absolute atomic E-state index is 6.13. The van der Waals surface area contributed by atoms with Gasteiger partial charge in [0.25, 0.3) is 0 Å². The minimum absolute atomic E-state index is 0.532. The van der Waals surface area contributed by atoms with Gasteiger partial charge in [-0.25, -0.2) is 0 Å². The summed E-state index contributed by atoms with van der Waals surface area (Å²) in [5.41, 5.74) is 2.90. The molecule has 0 unspecified atom stereocenters. The molecule has 0 amide bonds. The number of rotatable bonds is 5. The zero-order valence-electron chi connectivity index (χ0n) is 11.8. The summed E-state index contributed by atoms with van der Waals surface area (Å²) in [5, 5.41) is 5.22. The topological polar surface area (TPSA) is 21.3 Å². The molecule has 0 atom stereocenters. The summed E-state index contributed by atoms with van der Waals surface area (Å²) >= 11 is 18.0. The lowest BCUT2D eigenvalue weighted by Gasteiger charge is -2.11. The van der Waals surface area contributed by atoms with Gasteiger partial charge < -0.3 is 10.1 Å². The quantitative estimate of drug-likeness (QED) is 0.697. The molecule has 5 heteroatoms. The molecule has 0 aliphatic rings. The minimum atomic E-state index is 0.532. The first-order valence-electron chi connectivity index (χ1n) is 6.55. The molecule has 0 saturated heterocycles. The summed E-state index contributed by atoms with van der Waals surface area (Å²) in [7, 11) is 0. The van der Waals surface area contributed by atoms with Crippen molar-refractivity contribution in [2.45, 2.75) is 13.8 Å². The fourth-order valence-corrected chi connectivity index (χ4v) is 2.64. The van der Waals surface area contributed by atoms with Crippen molar-refractivity contribution in [1.82, 2.24) is 0 Å². The molecular formula is C16H16Cl3NO. The first-order chi connectivity index (χ1) is 9.95. The van der Waals surface area contributed by atoms with Crippen LogP contribution in [-0.4, -0.2) is 13.2 Å². The van der Waals surface area contributed by atoms with Gasteiger partial charge in [-0.05, 0) is 55.3 Å². The Labute approximate surface area is 140 Å². The molecule has 2 aromatic carbocycles. The molecule has 0 aliphatic heterocycles. The van der Waals surface area contributed by atoms with Gasteiger partial charge in [-0.3, -0.25) is 0 Å². The van der Waals surface area contributed by atoms with Crippen LogP contribution in [0.2, 0.25) is 15.1 Å². The van der Waals surface area contributed by atoms with Gasteiger partial charge in [0.15, 0.2) is 0 Å². The van der Waals surface area contributed by atoms with Crippen molar-refractivity contribution >= 4 is 40.5 Å². The first-order valence-corrected chi connectivity index (χ1v) is 7.68. The van der Waals surface area contributed by atoms with Gasteiger partial charge in [-0.15, -0.1) is 0 Å². The van der Waals surface area contributed by atoms with Crippen LogP contribution in [-0.2, 0) is 0 Å². The fraction of sp³-hybridized carbons (Fsp3) is 0.250. The highest BCUT2D eigenvalue weighted by Crippen LogP contribution is 2.26. The van der Waals surface area contributed by atoms with Crippen LogP contribution in [0.5, 0.6) is 5.75 Å². The third kappa shape index (κ3) is 4.70. The lowest BCUT2D eigenvalue weighted by molar-refractivity contribution is 0.332. The standard InChI is InChI=1S/C16H16Cl3NO/c1-10-5-15(6-11(2)16(10)19)21-4-3-20-14-8-12(17)7-13(18)9-14/h5-9,20H,3-4H2,1-2H3. The van der Waals surface area contributed by atoms with Crippen molar-refractivity contribution < 1.29 is 4.74 Å². The highest BCUT2D eigenvalue weighted by molar-refractivity contribution is 6.35. The molecule has 0 heterocycles. The number of hydrogen-bond donors (Lipinski definition) is 1. The highest BCUT2D eigenvalue weighted by atomic mass is 35.5. The van der Waals surface area contributed by atoms with E-state index < -0.39 is 0 Å². The molecule has 1 N–H and O–H groups in total. The molecule has 0 spiro atoms. The normalized spacial score (nSPS) is 10.5. The Morgan fingerprint density at radius 2 is 1.48 bits per heavy atom. The predicted octanol–water partition coefficient (Wildman–Crippen LogP) is 5.75. The van der Waals surface area contributed by atoms with E-state index in [1.165, 1.54) is 0 Å². The van der Waals surface area contributed by atoms with E-state index in [0.717, 1.165) is 27.6 Å². The maximum Gasteiger partial charge on any atom is 0.120 e. The Morgan fingerprint density at radius 1 is 0.905 bits per heavy atom. The summed E-state index contributed by atoms with van der Waals surface area (Å²) in [5.74, 6) is 0.820. The molecule has 0 fully saturated rings. The molecular weight excluding hydrogens is 329 g/mol. The molecule has 2 rings (SSSR count). The Kier molecular flexibility index (Phi) is 5.63. The Hall–Kier alpha value is -1.09. The zero-order chi connectivity index (χ0) is 15.4. The lowest BCUT2D eigenvalue weighted by atomic mass is 10.1. The number of benzene rings is 2. The number of nitrogens with one attached hydrogen (secondary N) is 1. The second-order valence-electron chi connectivity index (χ2n) is 4.80. The van der Waals surface area contributed by atoms with E-state index in [1.54, 1.807) is 6.07 Å². The van der Waals surface area contributed by atoms with Crippen LogP contribution >= 0.6 is 34.8 Å². The molecule has 112 valence electrons. The van der Waals surface area contributed by atoms with Gasteiger partial charge in [0.1, 0.15) is 12.4 Å². The van der Waals surface area contributed by atoms with Crippen molar-refractivity contribution in [2.75, 3.05) is 18.5 Å². The van der Waals surface area contributed by atoms with E-state index in [1.807, 2.05) is 38.1 Å². The Balaban J connectivity index is 1.87. The van der Waals surface area contributed by atoms with Gasteiger partial charge >= 0.3 is 0 Å². The first kappa shape index (κ1) is 16.3. The number of anilines is 1. The van der Waals surface area contributed by atoms with Crippen LogP contribution in [0.15, 0.2) is 30.3 Å². The summed E-state index contributed by atoms with van der Waals surface area (Å²) < 4.78 is 5.72. The molecule has 0 aromatic heterocycles. The predicted molar refractivity (Wildman–Crippen MR) is 91.4 cm³/mol. The fourth-order valence-electron chi connectivity index (χ4n) is 2.01. The molecule has 21 heavy (non-hydrogen) atoms. The summed E-state index contributed by atoms with van der Waals surface area (Å²) in [6, 6.07) is 9.22. The molecule has 2 nitrogen and oxygen atoms in total. The molecule has 0 bridgehead atoms. The van der Waals surface area contributed by atoms with Crippen LogP contribution in [0, 0.1) is 13.8 Å². The summed E-state index contributed by atoms with van der Waals surface area (Å²) in [6.45, 7) is 5.12. The molecule has 0 aliphatic carbocycles. The average Bonchev–Trinajstić information content (AvgIpc) is 2.40. The summed E-state index contributed by atoms with van der Waals surface area (Å²) in [6.07, 6.45) is 0. The van der Waals surface area contributed by atoms with Gasteiger partial charge in [-0.1, -0.05) is 34.8 Å². The maximum atomic E-state index is 6.13. The van der Waals surface area contributed by atoms with Crippen molar-refractivity contribution in [3.63, 3.8) is 0 Å². The zero-order valence-corrected chi connectivity index (χ0v) is 14.1. The van der Waals surface area contributed by atoms with Crippen LogP contribution in [0.1, 0.15) is 11.1 Å². The van der Waals surface area contributed by atoms with Crippen LogP contribution in [0.25, 0.3) is 0 Å². The monoisotopic (exact) mass is 343 g/mol. The van der Waals surface area contributed by atoms with Gasteiger partial charge in [-0.2, -0.15) is 0 Å². The minimum Gasteiger partial charge on any atom is -0.492 e. The molecule has 0 saturated carbocycles. The Morgan fingerprint density at radius 3 is 2.05 bits per heavy atom. The van der Waals surface area contributed by atoms with E-state index in [9.17, 15) is 0 Å². The van der Waals surface area contributed by atoms with Crippen molar-refractivity contribution in [3.8, 4) is 5.75 Å². The van der Waals surface area contributed by atoms with E-state index >= 15 is 0 Å². The van der Waals surface area contributed by atoms with Gasteiger partial charge in [0.05, 0.1) is 0 Å². The second kappa shape index (κ2) is 7.26. The largest absolute Gasteiger partial charge is 0.492 e. The Bertz CT molecular complexity index is 600. The van der Waals surface area contributed by atoms with Crippen LogP contribution in [0.3, 0.4) is 0 Å². The second-order valence-corrected chi connectivity index (χ2v) is 6.06. The summed E-state index contributed by atoms with van der Waals surface area (Å²) in [4.78, 5) is 0. The van der Waals surface area contributed by atoms with Gasteiger partial charge in [0.2, 0.25) is 0 Å². The number of halogens is 3. The smallest absolute Gasteiger partial charge is 0.120 e. The number of ether oxygens (including phenoxy) is 1. The SMILES string of the molecule is Cc1cc(OCCNc2cc(Cl)cc(Cl)c2)cc(C)c1Cl. The molecule has 2 aromatic rings. The van der Waals surface area contributed by atoms with E-state index in [2.05, 4.69) is 5.32 Å². The van der Waals surface area contributed by atoms with Crippen molar-refractivity contribution in [3.05, 3.63) is 56.5 Å². The third-order valence-corrected chi connectivity index (χ3v) is 4.01. The van der Waals surface area contributed by atoms with Crippen LogP contribution < -0.4 is 10.1 Å². The average molecular weight is 345 g/mol. The van der Waals surface area contributed by atoms with E-state index in [-0.39, 0.29) is 0 Å². The van der Waals surface area contributed by atoms with Crippen LogP contribution in [0.4, 0.5) is 5.69 Å². The third-order valence-electron chi connectivity index (χ3n) is 2.97. The van der Waals surface area contributed by atoms with Crippen molar-refractivity contribution in [1.29, 1.82) is 0 Å². The highest BCUT2D eigenvalue weighted by Gasteiger charge is 2.03. The number of aryl methyl sites for hydroxylation is 2. The van der Waals surface area contributed by atoms with Crippen molar-refractivity contribution in [2.24, 2.45) is 0 Å². The van der Waals surface area contributed by atoms with Gasteiger partial charge in [0, 0.05) is 27.3 Å². The lowest BCUT2D eigenvalue weighted by Crippen LogP contribution is -2.11.